The molecular weight excluding hydrogens is 363 g/mol. The third-order valence-electron chi connectivity index (χ3n) is 4.14. The molecule has 1 aromatic heterocycles. The molecule has 0 saturated carbocycles. The minimum absolute atomic E-state index is 0.247. The van der Waals surface area contributed by atoms with Crippen molar-refractivity contribution in [2.45, 2.75) is 11.1 Å². The molecule has 0 amide bonds. The summed E-state index contributed by atoms with van der Waals surface area (Å²) in [4.78, 5) is 3.12. The van der Waals surface area contributed by atoms with Gasteiger partial charge in [0.1, 0.15) is 10.8 Å². The van der Waals surface area contributed by atoms with Crippen molar-refractivity contribution in [1.29, 1.82) is 0 Å². The van der Waals surface area contributed by atoms with E-state index in [1.54, 1.807) is 24.3 Å². The number of hydrogen-bond donors (Lipinski definition) is 0. The number of piperazine rings is 1. The molecule has 0 bridgehead atoms. The van der Waals surface area contributed by atoms with Gasteiger partial charge in [0, 0.05) is 37.6 Å². The minimum Gasteiger partial charge on any atom is -0.489 e. The SMILES string of the molecule is Cc1ccc(S(=O)(=O)N2CCN(CCOc3ccccc3F)CC2)s1. The van der Waals surface area contributed by atoms with Gasteiger partial charge in [-0.25, -0.2) is 12.8 Å². The van der Waals surface area contributed by atoms with Crippen molar-refractivity contribution in [2.24, 2.45) is 0 Å². The van der Waals surface area contributed by atoms with Gasteiger partial charge in [-0.15, -0.1) is 11.3 Å². The Morgan fingerprint density at radius 1 is 1.12 bits per heavy atom. The predicted octanol–water partition coefficient (Wildman–Crippen LogP) is 2.58. The largest absolute Gasteiger partial charge is 0.489 e. The standard InChI is InChI=1S/C17H21FN2O3S2/c1-14-6-7-17(24-14)25(21,22)20-10-8-19(9-11-20)12-13-23-16-5-3-2-4-15(16)18/h2-7H,8-13H2,1H3. The fourth-order valence-electron chi connectivity index (χ4n) is 2.72. The summed E-state index contributed by atoms with van der Waals surface area (Å²) < 4.78 is 46.1. The summed E-state index contributed by atoms with van der Waals surface area (Å²) in [6.45, 7) is 5.11. The third kappa shape index (κ3) is 4.38. The first-order valence-electron chi connectivity index (χ1n) is 8.13. The monoisotopic (exact) mass is 384 g/mol. The predicted molar refractivity (Wildman–Crippen MR) is 96.1 cm³/mol. The van der Waals surface area contributed by atoms with Gasteiger partial charge in [0.25, 0.3) is 10.0 Å². The summed E-state index contributed by atoms with van der Waals surface area (Å²) in [7, 11) is -3.39. The normalized spacial score (nSPS) is 16.9. The molecule has 0 aliphatic carbocycles. The van der Waals surface area contributed by atoms with Gasteiger partial charge in [-0.3, -0.25) is 4.90 Å². The fourth-order valence-corrected chi connectivity index (χ4v) is 5.58. The van der Waals surface area contributed by atoms with Crippen molar-refractivity contribution in [2.75, 3.05) is 39.3 Å². The van der Waals surface area contributed by atoms with Crippen LogP contribution in [0.1, 0.15) is 4.88 Å². The first-order chi connectivity index (χ1) is 12.0. The van der Waals surface area contributed by atoms with E-state index < -0.39 is 10.0 Å². The van der Waals surface area contributed by atoms with Crippen LogP contribution in [0.5, 0.6) is 5.75 Å². The molecule has 0 spiro atoms. The second-order valence-corrected chi connectivity index (χ2v) is 9.34. The Labute approximate surface area is 151 Å². The summed E-state index contributed by atoms with van der Waals surface area (Å²) in [6.07, 6.45) is 0. The lowest BCUT2D eigenvalue weighted by Crippen LogP contribution is -2.49. The molecule has 2 heterocycles. The first kappa shape index (κ1) is 18.3. The molecule has 1 aliphatic heterocycles. The number of benzene rings is 1. The van der Waals surface area contributed by atoms with Crippen molar-refractivity contribution in [3.8, 4) is 5.75 Å². The van der Waals surface area contributed by atoms with Crippen LogP contribution in [0.15, 0.2) is 40.6 Å². The zero-order chi connectivity index (χ0) is 17.9. The van der Waals surface area contributed by atoms with E-state index in [0.29, 0.717) is 43.5 Å². The van der Waals surface area contributed by atoms with Crippen LogP contribution >= 0.6 is 11.3 Å². The van der Waals surface area contributed by atoms with Crippen LogP contribution in [0.25, 0.3) is 0 Å². The molecule has 136 valence electrons. The number of thiophene rings is 1. The molecule has 25 heavy (non-hydrogen) atoms. The van der Waals surface area contributed by atoms with Crippen LogP contribution < -0.4 is 4.74 Å². The first-order valence-corrected chi connectivity index (χ1v) is 10.4. The van der Waals surface area contributed by atoms with Gasteiger partial charge in [-0.2, -0.15) is 4.31 Å². The fraction of sp³-hybridized carbons (Fsp3) is 0.412. The number of para-hydroxylation sites is 1. The summed E-state index contributed by atoms with van der Waals surface area (Å²) in [5, 5.41) is 0. The van der Waals surface area contributed by atoms with E-state index in [0.717, 1.165) is 4.88 Å². The molecular formula is C17H21FN2O3S2. The molecule has 2 aromatic rings. The van der Waals surface area contributed by atoms with Gasteiger partial charge in [0.05, 0.1) is 0 Å². The highest BCUT2D eigenvalue weighted by Crippen LogP contribution is 2.25. The lowest BCUT2D eigenvalue weighted by molar-refractivity contribution is 0.157. The Balaban J connectivity index is 1.48. The molecule has 8 heteroatoms. The van der Waals surface area contributed by atoms with Gasteiger partial charge < -0.3 is 4.74 Å². The number of hydrogen-bond acceptors (Lipinski definition) is 5. The molecule has 0 unspecified atom stereocenters. The second-order valence-electron chi connectivity index (χ2n) is 5.89. The van der Waals surface area contributed by atoms with Gasteiger partial charge in [-0.05, 0) is 31.2 Å². The number of nitrogens with zero attached hydrogens (tertiary/aromatic N) is 2. The van der Waals surface area contributed by atoms with E-state index in [9.17, 15) is 12.8 Å². The summed E-state index contributed by atoms with van der Waals surface area (Å²) in [5.41, 5.74) is 0. The Kier molecular flexibility index (Phi) is 5.73. The highest BCUT2D eigenvalue weighted by atomic mass is 32.2. The van der Waals surface area contributed by atoms with Crippen LogP contribution in [0.2, 0.25) is 0 Å². The molecule has 1 aliphatic rings. The van der Waals surface area contributed by atoms with E-state index in [4.69, 9.17) is 4.74 Å². The lowest BCUT2D eigenvalue weighted by atomic mass is 10.3. The number of ether oxygens (including phenoxy) is 1. The van der Waals surface area contributed by atoms with Crippen LogP contribution in [0.3, 0.4) is 0 Å². The highest BCUT2D eigenvalue weighted by Gasteiger charge is 2.29. The van der Waals surface area contributed by atoms with Gasteiger partial charge in [-0.1, -0.05) is 12.1 Å². The Hall–Kier alpha value is -1.48. The van der Waals surface area contributed by atoms with E-state index in [1.807, 2.05) is 13.0 Å². The minimum atomic E-state index is -3.39. The number of halogens is 1. The molecule has 1 aromatic carbocycles. The molecule has 1 fully saturated rings. The van der Waals surface area contributed by atoms with Gasteiger partial charge in [0.15, 0.2) is 11.6 Å². The maximum atomic E-state index is 13.5. The van der Waals surface area contributed by atoms with E-state index in [-0.39, 0.29) is 11.6 Å². The Morgan fingerprint density at radius 3 is 2.48 bits per heavy atom. The summed E-state index contributed by atoms with van der Waals surface area (Å²) >= 11 is 1.30. The third-order valence-corrected chi connectivity index (χ3v) is 7.51. The second kappa shape index (κ2) is 7.82. The van der Waals surface area contributed by atoms with Crippen LogP contribution in [-0.2, 0) is 10.0 Å². The van der Waals surface area contributed by atoms with E-state index in [1.165, 1.54) is 21.7 Å². The number of rotatable bonds is 6. The smallest absolute Gasteiger partial charge is 0.252 e. The van der Waals surface area contributed by atoms with Crippen molar-refractivity contribution in [1.82, 2.24) is 9.21 Å². The summed E-state index contributed by atoms with van der Waals surface area (Å²) in [5.74, 6) is -0.124. The Bertz CT molecular complexity index is 815. The molecule has 0 N–H and O–H groups in total. The van der Waals surface area contributed by atoms with Crippen molar-refractivity contribution >= 4 is 21.4 Å². The number of sulfonamides is 1. The van der Waals surface area contributed by atoms with Gasteiger partial charge >= 0.3 is 0 Å². The molecule has 1 saturated heterocycles. The van der Waals surface area contributed by atoms with E-state index >= 15 is 0 Å². The van der Waals surface area contributed by atoms with Crippen molar-refractivity contribution < 1.29 is 17.5 Å². The van der Waals surface area contributed by atoms with Crippen LogP contribution in [0.4, 0.5) is 4.39 Å². The average molecular weight is 384 g/mol. The maximum Gasteiger partial charge on any atom is 0.252 e. The topological polar surface area (TPSA) is 49.9 Å². The highest BCUT2D eigenvalue weighted by molar-refractivity contribution is 7.91. The molecule has 5 nitrogen and oxygen atoms in total. The zero-order valence-corrected chi connectivity index (χ0v) is 15.7. The zero-order valence-electron chi connectivity index (χ0n) is 14.0. The lowest BCUT2D eigenvalue weighted by Gasteiger charge is -2.33. The van der Waals surface area contributed by atoms with Gasteiger partial charge in [0.2, 0.25) is 0 Å². The van der Waals surface area contributed by atoms with Crippen LogP contribution in [-0.4, -0.2) is 57.0 Å². The van der Waals surface area contributed by atoms with Crippen molar-refractivity contribution in [3.63, 3.8) is 0 Å². The average Bonchev–Trinajstić information content (AvgIpc) is 3.04. The number of aryl methyl sites for hydroxylation is 1. The van der Waals surface area contributed by atoms with Crippen LogP contribution in [0, 0.1) is 12.7 Å². The quantitative estimate of drug-likeness (QED) is 0.768. The molecule has 0 atom stereocenters. The molecule has 0 radical (unpaired) electrons. The maximum absolute atomic E-state index is 13.5. The van der Waals surface area contributed by atoms with E-state index in [2.05, 4.69) is 4.90 Å². The Morgan fingerprint density at radius 2 is 1.84 bits per heavy atom. The molecule has 3 rings (SSSR count). The summed E-state index contributed by atoms with van der Waals surface area (Å²) in [6, 6.07) is 9.82. The van der Waals surface area contributed by atoms with Crippen molar-refractivity contribution in [3.05, 3.63) is 47.1 Å².